The normalized spacial score (nSPS) is 16.7. The lowest BCUT2D eigenvalue weighted by atomic mass is 10.1. The molecule has 1 aliphatic rings. The van der Waals surface area contributed by atoms with Crippen molar-refractivity contribution in [2.24, 2.45) is 0 Å². The fraction of sp³-hybridized carbons (Fsp3) is 0.500. The maximum atomic E-state index is 3.38. The van der Waals surface area contributed by atoms with Crippen LogP contribution in [0.4, 0.5) is 0 Å². The quantitative estimate of drug-likeness (QED) is 0.801. The maximum absolute atomic E-state index is 3.38. The summed E-state index contributed by atoms with van der Waals surface area (Å²) in [6.45, 7) is 9.77. The molecule has 0 atom stereocenters. The van der Waals surface area contributed by atoms with Crippen LogP contribution >= 0.6 is 0 Å². The average molecular weight is 244 g/mol. The Bertz CT molecular complexity index is 409. The van der Waals surface area contributed by atoms with Crippen molar-refractivity contribution in [3.8, 4) is 0 Å². The van der Waals surface area contributed by atoms with E-state index in [0.29, 0.717) is 0 Å². The Morgan fingerprint density at radius 3 is 2.89 bits per heavy atom. The van der Waals surface area contributed by atoms with Crippen LogP contribution in [0.15, 0.2) is 35.9 Å². The predicted octanol–water partition coefficient (Wildman–Crippen LogP) is 2.95. The highest BCUT2D eigenvalue weighted by molar-refractivity contribution is 5.23. The molecule has 0 bridgehead atoms. The van der Waals surface area contributed by atoms with Crippen LogP contribution in [0, 0.1) is 0 Å². The number of rotatable bonds is 5. The Labute approximate surface area is 111 Å². The van der Waals surface area contributed by atoms with Crippen LogP contribution in [-0.4, -0.2) is 24.5 Å². The summed E-state index contributed by atoms with van der Waals surface area (Å²) in [4.78, 5) is 2.53. The third-order valence-corrected chi connectivity index (χ3v) is 3.39. The topological polar surface area (TPSA) is 15.3 Å². The Kier molecular flexibility index (Phi) is 4.97. The molecule has 0 unspecified atom stereocenters. The van der Waals surface area contributed by atoms with Gasteiger partial charge in [-0.05, 0) is 31.0 Å². The van der Waals surface area contributed by atoms with Crippen molar-refractivity contribution in [1.29, 1.82) is 0 Å². The number of nitrogens with one attached hydrogen (secondary N) is 1. The molecule has 0 saturated carbocycles. The molecule has 0 saturated heterocycles. The molecule has 1 heterocycles. The first-order chi connectivity index (χ1) is 8.78. The minimum Gasteiger partial charge on any atom is -0.313 e. The van der Waals surface area contributed by atoms with Gasteiger partial charge >= 0.3 is 0 Å². The average Bonchev–Trinajstić information content (AvgIpc) is 2.37. The molecule has 1 aliphatic heterocycles. The molecule has 0 aliphatic carbocycles. The van der Waals surface area contributed by atoms with E-state index in [1.807, 2.05) is 0 Å². The Morgan fingerprint density at radius 2 is 2.11 bits per heavy atom. The minimum absolute atomic E-state index is 0.975. The second kappa shape index (κ2) is 6.72. The molecule has 2 rings (SSSR count). The molecule has 2 nitrogen and oxygen atoms in total. The minimum atomic E-state index is 0.975. The van der Waals surface area contributed by atoms with Gasteiger partial charge in [0.05, 0.1) is 0 Å². The predicted molar refractivity (Wildman–Crippen MR) is 77.5 cm³/mol. The standard InChI is InChI=1S/C16H24N2/c1-3-17-11-15-7-4-8-16(10-15)13-18-9-5-6-14(2)12-18/h4,6-8,10,17H,3,5,9,11-13H2,1-2H3. The molecular formula is C16H24N2. The molecule has 0 fully saturated rings. The summed E-state index contributed by atoms with van der Waals surface area (Å²) < 4.78 is 0. The summed E-state index contributed by atoms with van der Waals surface area (Å²) in [7, 11) is 0. The number of hydrogen-bond donors (Lipinski definition) is 1. The monoisotopic (exact) mass is 244 g/mol. The van der Waals surface area contributed by atoms with Crippen molar-refractivity contribution in [1.82, 2.24) is 10.2 Å². The molecule has 0 aromatic heterocycles. The van der Waals surface area contributed by atoms with E-state index in [1.165, 1.54) is 29.7 Å². The Morgan fingerprint density at radius 1 is 1.28 bits per heavy atom. The van der Waals surface area contributed by atoms with Crippen molar-refractivity contribution in [2.45, 2.75) is 33.4 Å². The van der Waals surface area contributed by atoms with E-state index < -0.39 is 0 Å². The zero-order valence-electron chi connectivity index (χ0n) is 11.6. The van der Waals surface area contributed by atoms with Crippen LogP contribution in [0.1, 0.15) is 31.4 Å². The van der Waals surface area contributed by atoms with E-state index in [0.717, 1.165) is 26.2 Å². The van der Waals surface area contributed by atoms with Gasteiger partial charge in [0, 0.05) is 26.2 Å². The smallest absolute Gasteiger partial charge is 0.0237 e. The second-order valence-corrected chi connectivity index (χ2v) is 5.15. The molecular weight excluding hydrogens is 220 g/mol. The lowest BCUT2D eigenvalue weighted by Crippen LogP contribution is -2.28. The molecule has 1 N–H and O–H groups in total. The largest absolute Gasteiger partial charge is 0.313 e. The number of benzene rings is 1. The van der Waals surface area contributed by atoms with E-state index in [9.17, 15) is 0 Å². The lowest BCUT2D eigenvalue weighted by molar-refractivity contribution is 0.282. The van der Waals surface area contributed by atoms with Crippen molar-refractivity contribution in [2.75, 3.05) is 19.6 Å². The van der Waals surface area contributed by atoms with Crippen LogP contribution < -0.4 is 5.32 Å². The number of hydrogen-bond acceptors (Lipinski definition) is 2. The fourth-order valence-electron chi connectivity index (χ4n) is 2.49. The molecule has 1 aromatic rings. The van der Waals surface area contributed by atoms with Gasteiger partial charge in [-0.25, -0.2) is 0 Å². The Balaban J connectivity index is 1.94. The third kappa shape index (κ3) is 3.97. The molecule has 18 heavy (non-hydrogen) atoms. The van der Waals surface area contributed by atoms with Crippen LogP contribution in [0.2, 0.25) is 0 Å². The van der Waals surface area contributed by atoms with Crippen LogP contribution in [0.3, 0.4) is 0 Å². The first-order valence-corrected chi connectivity index (χ1v) is 6.94. The molecule has 0 amide bonds. The summed E-state index contributed by atoms with van der Waals surface area (Å²) in [6.07, 6.45) is 3.56. The van der Waals surface area contributed by atoms with Gasteiger partial charge < -0.3 is 5.32 Å². The molecule has 1 aromatic carbocycles. The molecule has 98 valence electrons. The summed E-state index contributed by atoms with van der Waals surface area (Å²) in [5, 5.41) is 3.38. The van der Waals surface area contributed by atoms with Crippen molar-refractivity contribution >= 4 is 0 Å². The van der Waals surface area contributed by atoms with Crippen molar-refractivity contribution < 1.29 is 0 Å². The van der Waals surface area contributed by atoms with E-state index >= 15 is 0 Å². The summed E-state index contributed by atoms with van der Waals surface area (Å²) in [5.74, 6) is 0. The van der Waals surface area contributed by atoms with Gasteiger partial charge in [-0.15, -0.1) is 0 Å². The maximum Gasteiger partial charge on any atom is 0.0237 e. The van der Waals surface area contributed by atoms with Gasteiger partial charge in [-0.3, -0.25) is 4.90 Å². The van der Waals surface area contributed by atoms with Gasteiger partial charge in [0.25, 0.3) is 0 Å². The van der Waals surface area contributed by atoms with Gasteiger partial charge in [0.15, 0.2) is 0 Å². The first kappa shape index (κ1) is 13.3. The third-order valence-electron chi connectivity index (χ3n) is 3.39. The Hall–Kier alpha value is -1.12. The van der Waals surface area contributed by atoms with Gasteiger partial charge in [-0.1, -0.05) is 42.8 Å². The summed E-state index contributed by atoms with van der Waals surface area (Å²) in [5.41, 5.74) is 4.32. The highest BCUT2D eigenvalue weighted by atomic mass is 15.1. The molecule has 2 heteroatoms. The number of nitrogens with zero attached hydrogens (tertiary/aromatic N) is 1. The van der Waals surface area contributed by atoms with Crippen molar-refractivity contribution in [3.63, 3.8) is 0 Å². The van der Waals surface area contributed by atoms with E-state index in [4.69, 9.17) is 0 Å². The second-order valence-electron chi connectivity index (χ2n) is 5.15. The fourth-order valence-corrected chi connectivity index (χ4v) is 2.49. The molecule has 0 spiro atoms. The zero-order valence-corrected chi connectivity index (χ0v) is 11.6. The van der Waals surface area contributed by atoms with Crippen LogP contribution in [0.5, 0.6) is 0 Å². The SMILES string of the molecule is CCNCc1cccc(CN2CCC=C(C)C2)c1. The summed E-state index contributed by atoms with van der Waals surface area (Å²) >= 11 is 0. The highest BCUT2D eigenvalue weighted by Gasteiger charge is 2.10. The van der Waals surface area contributed by atoms with Crippen LogP contribution in [-0.2, 0) is 13.1 Å². The zero-order chi connectivity index (χ0) is 12.8. The van der Waals surface area contributed by atoms with Gasteiger partial charge in [0.1, 0.15) is 0 Å². The van der Waals surface area contributed by atoms with Gasteiger partial charge in [0.2, 0.25) is 0 Å². The van der Waals surface area contributed by atoms with Gasteiger partial charge in [-0.2, -0.15) is 0 Å². The van der Waals surface area contributed by atoms with E-state index in [1.54, 1.807) is 0 Å². The highest BCUT2D eigenvalue weighted by Crippen LogP contribution is 2.14. The lowest BCUT2D eigenvalue weighted by Gasteiger charge is -2.26. The first-order valence-electron chi connectivity index (χ1n) is 6.94. The molecule has 0 radical (unpaired) electrons. The van der Waals surface area contributed by atoms with E-state index in [-0.39, 0.29) is 0 Å². The van der Waals surface area contributed by atoms with Crippen LogP contribution in [0.25, 0.3) is 0 Å². The van der Waals surface area contributed by atoms with E-state index in [2.05, 4.69) is 54.4 Å². The summed E-state index contributed by atoms with van der Waals surface area (Å²) in [6, 6.07) is 8.95. The van der Waals surface area contributed by atoms with Crippen molar-refractivity contribution in [3.05, 3.63) is 47.0 Å².